The molecule has 1 fully saturated rings. The lowest BCUT2D eigenvalue weighted by Gasteiger charge is -2.23. The monoisotopic (exact) mass is 545 g/mol. The van der Waals surface area contributed by atoms with Gasteiger partial charge in [-0.15, -0.1) is 0 Å². The van der Waals surface area contributed by atoms with E-state index in [4.69, 9.17) is 14.9 Å². The maximum atomic E-state index is 13.6. The number of aromatic nitrogens is 1. The lowest BCUT2D eigenvalue weighted by atomic mass is 9.98. The van der Waals surface area contributed by atoms with Gasteiger partial charge in [0.15, 0.2) is 0 Å². The van der Waals surface area contributed by atoms with Crippen LogP contribution < -0.4 is 25.8 Å². The second-order valence-corrected chi connectivity index (χ2v) is 9.05. The van der Waals surface area contributed by atoms with Crippen LogP contribution in [0, 0.1) is 12.3 Å². The summed E-state index contributed by atoms with van der Waals surface area (Å²) in [6, 6.07) is 16.4. The highest BCUT2D eigenvalue weighted by molar-refractivity contribution is 6.12. The zero-order chi connectivity index (χ0) is 29.4. The number of primary amides is 1. The van der Waals surface area contributed by atoms with Crippen molar-refractivity contribution in [2.45, 2.75) is 33.2 Å². The Hall–Kier alpha value is -4.93. The van der Waals surface area contributed by atoms with Crippen LogP contribution in [0.3, 0.4) is 0 Å². The van der Waals surface area contributed by atoms with Gasteiger partial charge in [-0.3, -0.25) is 20.0 Å². The molecule has 1 aliphatic rings. The van der Waals surface area contributed by atoms with E-state index >= 15 is 0 Å². The van der Waals surface area contributed by atoms with Gasteiger partial charge >= 0.3 is 12.1 Å². The minimum Gasteiger partial charge on any atom is -0.468 e. The van der Waals surface area contributed by atoms with E-state index < -0.39 is 6.03 Å². The maximum absolute atomic E-state index is 13.6. The molecule has 210 valence electrons. The van der Waals surface area contributed by atoms with Crippen molar-refractivity contribution in [1.82, 2.24) is 10.3 Å². The number of hydrogen-bond acceptors (Lipinski definition) is 6. The molecule has 0 saturated carbocycles. The van der Waals surface area contributed by atoms with Crippen molar-refractivity contribution in [3.8, 4) is 11.1 Å². The molecule has 2 aromatic carbocycles. The van der Waals surface area contributed by atoms with Gasteiger partial charge in [0.2, 0.25) is 6.41 Å². The van der Waals surface area contributed by atoms with E-state index in [-0.39, 0.29) is 24.5 Å². The molecule has 3 aromatic rings. The molecule has 11 heteroatoms. The maximum Gasteiger partial charge on any atom is 0.330 e. The first-order valence-electron chi connectivity index (χ1n) is 12.8. The Kier molecular flexibility index (Phi) is 9.80. The molecule has 1 saturated heterocycles. The second-order valence-electron chi connectivity index (χ2n) is 9.05. The smallest absolute Gasteiger partial charge is 0.330 e. The van der Waals surface area contributed by atoms with E-state index in [2.05, 4.69) is 16.0 Å². The van der Waals surface area contributed by atoms with Crippen LogP contribution in [0.4, 0.5) is 26.8 Å². The molecule has 4 N–H and O–H groups in total. The number of carbonyl (C=O) groups is 3. The van der Waals surface area contributed by atoms with Crippen LogP contribution in [0.25, 0.3) is 11.1 Å². The normalized spacial score (nSPS) is 14.2. The first kappa shape index (κ1) is 29.6. The third-order valence-electron chi connectivity index (χ3n) is 6.50. The molecule has 1 aliphatic heterocycles. The number of pyridine rings is 1. The fourth-order valence-electron chi connectivity index (χ4n) is 4.72. The van der Waals surface area contributed by atoms with E-state index in [0.717, 1.165) is 32.8 Å². The molecule has 1 aromatic heterocycles. The van der Waals surface area contributed by atoms with Crippen molar-refractivity contribution < 1.29 is 19.1 Å². The van der Waals surface area contributed by atoms with Crippen molar-refractivity contribution in [3.63, 3.8) is 0 Å². The Morgan fingerprint density at radius 2 is 1.93 bits per heavy atom. The number of anilines is 3. The lowest BCUT2D eigenvalue weighted by Crippen LogP contribution is -2.43. The van der Waals surface area contributed by atoms with Crippen LogP contribution in [0.15, 0.2) is 60.8 Å². The molecule has 0 spiro atoms. The molecular weight excluding hydrogens is 510 g/mol. The highest BCUT2D eigenvalue weighted by Gasteiger charge is 2.38. The van der Waals surface area contributed by atoms with Crippen LogP contribution in [0.2, 0.25) is 0 Å². The fourth-order valence-corrected chi connectivity index (χ4v) is 4.72. The first-order chi connectivity index (χ1) is 19.2. The van der Waals surface area contributed by atoms with Gasteiger partial charge in [-0.25, -0.2) is 19.5 Å². The van der Waals surface area contributed by atoms with Crippen molar-refractivity contribution >= 4 is 41.7 Å². The van der Waals surface area contributed by atoms with Gasteiger partial charge in [-0.2, -0.15) is 0 Å². The Morgan fingerprint density at radius 1 is 1.25 bits per heavy atom. The van der Waals surface area contributed by atoms with Gasteiger partial charge in [0, 0.05) is 31.0 Å². The van der Waals surface area contributed by atoms with Crippen LogP contribution in [0.1, 0.15) is 25.0 Å². The Balaban J connectivity index is 0.00000141. The number of urea groups is 2. The van der Waals surface area contributed by atoms with Gasteiger partial charge in [0.05, 0.1) is 18.8 Å². The average molecular weight is 546 g/mol. The molecule has 5 amide bonds. The SMILES string of the molecule is CCc1c(-c2ccc(N(C(=N)OC)C(=O)NC)cc2)ccnc1N1CC(C)N(c2cccc(C)c2)C1=O.NC=O. The van der Waals surface area contributed by atoms with Crippen molar-refractivity contribution in [1.29, 1.82) is 5.41 Å². The fraction of sp³-hybridized carbons (Fsp3) is 0.276. The predicted octanol–water partition coefficient (Wildman–Crippen LogP) is 4.28. The third-order valence-corrected chi connectivity index (χ3v) is 6.50. The average Bonchev–Trinajstić information content (AvgIpc) is 3.26. The van der Waals surface area contributed by atoms with Crippen molar-refractivity contribution in [2.24, 2.45) is 5.73 Å². The summed E-state index contributed by atoms with van der Waals surface area (Å²) >= 11 is 0. The Bertz CT molecular complexity index is 1360. The quantitative estimate of drug-likeness (QED) is 0.249. The largest absolute Gasteiger partial charge is 0.468 e. The van der Waals surface area contributed by atoms with Crippen LogP contribution in [0.5, 0.6) is 0 Å². The van der Waals surface area contributed by atoms with Crippen LogP contribution in [-0.2, 0) is 16.0 Å². The number of benzene rings is 2. The lowest BCUT2D eigenvalue weighted by molar-refractivity contribution is -0.106. The second kappa shape index (κ2) is 13.2. The molecule has 0 radical (unpaired) electrons. The zero-order valence-electron chi connectivity index (χ0n) is 23.3. The van der Waals surface area contributed by atoms with E-state index in [0.29, 0.717) is 24.5 Å². The minimum absolute atomic E-state index is 0.00413. The molecule has 1 atom stereocenters. The summed E-state index contributed by atoms with van der Waals surface area (Å²) in [6.45, 7) is 6.65. The summed E-state index contributed by atoms with van der Waals surface area (Å²) in [5.41, 5.74) is 9.49. The van der Waals surface area contributed by atoms with Gasteiger partial charge in [-0.1, -0.05) is 31.2 Å². The summed E-state index contributed by atoms with van der Waals surface area (Å²) in [6.07, 6.45) is 2.66. The van der Waals surface area contributed by atoms with E-state index in [1.165, 1.54) is 14.2 Å². The number of nitrogens with one attached hydrogen (secondary N) is 2. The number of nitrogens with two attached hydrogens (primary N) is 1. The van der Waals surface area contributed by atoms with Gasteiger partial charge in [-0.05, 0) is 67.3 Å². The number of ether oxygens (including phenoxy) is 1. The summed E-state index contributed by atoms with van der Waals surface area (Å²) in [7, 11) is 2.85. The van der Waals surface area contributed by atoms with Gasteiger partial charge in [0.1, 0.15) is 5.82 Å². The number of hydrogen-bond donors (Lipinski definition) is 3. The Morgan fingerprint density at radius 3 is 2.50 bits per heavy atom. The number of amides is 5. The standard InChI is InChI=1S/C28H32N6O3.CH3NO/c1-6-23-24(20-10-12-21(13-11-20)34(26(29)37-5)27(35)30-4)14-15-31-25(23)32-17-19(3)33(28(32)36)22-9-7-8-18(2)16-22;2-1-3/h7-16,19,29H,6,17H2,1-5H3,(H,30,35);1H,(H2,2,3). The molecule has 11 nitrogen and oxygen atoms in total. The number of carbonyl (C=O) groups excluding carboxylic acids is 3. The summed E-state index contributed by atoms with van der Waals surface area (Å²) < 4.78 is 4.98. The van der Waals surface area contributed by atoms with E-state index in [1.54, 1.807) is 23.2 Å². The number of methoxy groups -OCH3 is 1. The van der Waals surface area contributed by atoms with E-state index in [1.807, 2.05) is 68.1 Å². The van der Waals surface area contributed by atoms with Crippen molar-refractivity contribution in [3.05, 3.63) is 71.9 Å². The van der Waals surface area contributed by atoms with Crippen LogP contribution >= 0.6 is 0 Å². The number of aryl methyl sites for hydroxylation is 1. The highest BCUT2D eigenvalue weighted by Crippen LogP contribution is 2.35. The molecular formula is C29H35N7O4. The van der Waals surface area contributed by atoms with Gasteiger partial charge in [0.25, 0.3) is 6.02 Å². The Labute approximate surface area is 234 Å². The van der Waals surface area contributed by atoms with Crippen LogP contribution in [-0.4, -0.2) is 56.2 Å². The summed E-state index contributed by atoms with van der Waals surface area (Å²) in [5, 5.41) is 10.5. The molecule has 4 rings (SSSR count). The zero-order valence-corrected chi connectivity index (χ0v) is 23.3. The number of rotatable bonds is 5. The molecule has 2 heterocycles. The minimum atomic E-state index is -0.472. The number of nitrogens with zero attached hydrogens (tertiary/aromatic N) is 4. The van der Waals surface area contributed by atoms with Gasteiger partial charge < -0.3 is 15.8 Å². The summed E-state index contributed by atoms with van der Waals surface area (Å²) in [4.78, 5) is 43.8. The molecule has 1 unspecified atom stereocenters. The molecule has 40 heavy (non-hydrogen) atoms. The molecule has 0 bridgehead atoms. The molecule has 0 aliphatic carbocycles. The van der Waals surface area contributed by atoms with E-state index in [9.17, 15) is 9.59 Å². The van der Waals surface area contributed by atoms with Crippen molar-refractivity contribution in [2.75, 3.05) is 35.4 Å². The number of amidine groups is 1. The topological polar surface area (TPSA) is 145 Å². The first-order valence-corrected chi connectivity index (χ1v) is 12.8. The third kappa shape index (κ3) is 6.04. The summed E-state index contributed by atoms with van der Waals surface area (Å²) in [5.74, 6) is 0.657. The highest BCUT2D eigenvalue weighted by atomic mass is 16.5. The predicted molar refractivity (Wildman–Crippen MR) is 157 cm³/mol.